The molecule has 1 heterocycles. The Balaban J connectivity index is 1.62. The number of aliphatic hydroxyl groups is 2. The Kier molecular flexibility index (Phi) is 14.1. The summed E-state index contributed by atoms with van der Waals surface area (Å²) in [6, 6.07) is 28.4. The standard InChI is InChI=1S/C35H42O11/c1-3-41-33(38)28(36)32(34(39)42-4-2)46-35-29(37)31(44-22-26-18-12-7-13-19-26)30(43-21-25-16-10-6-11-17-25)27(45-35)23-40-20-24-14-8-5-9-15-24/h5-19,27-32,35-37H,3-4,20-23H2,1-2H3/t27-,28-,29-,30-,31-,32-,35-/m1/s1. The maximum atomic E-state index is 12.9. The molecule has 4 rings (SSSR count). The molecule has 3 aromatic rings. The van der Waals surface area contributed by atoms with E-state index in [4.69, 9.17) is 33.2 Å². The fraction of sp³-hybridized carbons (Fsp3) is 0.429. The average molecular weight is 639 g/mol. The number of hydrogen-bond donors (Lipinski definition) is 2. The van der Waals surface area contributed by atoms with Crippen LogP contribution >= 0.6 is 0 Å². The van der Waals surface area contributed by atoms with Gasteiger partial charge in [0.1, 0.15) is 24.4 Å². The topological polar surface area (TPSA) is 139 Å². The number of ether oxygens (including phenoxy) is 7. The van der Waals surface area contributed by atoms with Gasteiger partial charge in [0.2, 0.25) is 0 Å². The predicted molar refractivity (Wildman–Crippen MR) is 165 cm³/mol. The molecule has 0 bridgehead atoms. The van der Waals surface area contributed by atoms with Crippen molar-refractivity contribution in [2.45, 2.75) is 76.6 Å². The van der Waals surface area contributed by atoms with Gasteiger partial charge < -0.3 is 43.4 Å². The predicted octanol–water partition coefficient (Wildman–Crippen LogP) is 3.33. The van der Waals surface area contributed by atoms with Crippen LogP contribution in [0.1, 0.15) is 30.5 Å². The third-order valence-corrected chi connectivity index (χ3v) is 7.19. The highest BCUT2D eigenvalue weighted by molar-refractivity contribution is 5.85. The monoisotopic (exact) mass is 638 g/mol. The first-order valence-corrected chi connectivity index (χ1v) is 15.3. The molecular weight excluding hydrogens is 596 g/mol. The van der Waals surface area contributed by atoms with Crippen LogP contribution < -0.4 is 0 Å². The van der Waals surface area contributed by atoms with Gasteiger partial charge in [0, 0.05) is 0 Å². The number of benzene rings is 3. The van der Waals surface area contributed by atoms with Crippen molar-refractivity contribution >= 4 is 11.9 Å². The van der Waals surface area contributed by atoms with Crippen molar-refractivity contribution in [3.05, 3.63) is 108 Å². The Morgan fingerprint density at radius 3 is 1.72 bits per heavy atom. The lowest BCUT2D eigenvalue weighted by molar-refractivity contribution is -0.330. The molecule has 0 amide bonds. The van der Waals surface area contributed by atoms with Gasteiger partial charge in [0.15, 0.2) is 18.5 Å². The van der Waals surface area contributed by atoms with Crippen molar-refractivity contribution in [2.24, 2.45) is 0 Å². The van der Waals surface area contributed by atoms with Gasteiger partial charge in [-0.15, -0.1) is 0 Å². The number of rotatable bonds is 17. The zero-order valence-corrected chi connectivity index (χ0v) is 26.0. The number of esters is 2. The Morgan fingerprint density at radius 1 is 0.717 bits per heavy atom. The molecule has 1 aliphatic heterocycles. The van der Waals surface area contributed by atoms with E-state index >= 15 is 0 Å². The van der Waals surface area contributed by atoms with Gasteiger partial charge in [0.05, 0.1) is 39.6 Å². The number of aliphatic hydroxyl groups excluding tert-OH is 2. The highest BCUT2D eigenvalue weighted by Crippen LogP contribution is 2.30. The van der Waals surface area contributed by atoms with E-state index in [1.54, 1.807) is 13.8 Å². The van der Waals surface area contributed by atoms with Gasteiger partial charge in [-0.25, -0.2) is 9.59 Å². The summed E-state index contributed by atoms with van der Waals surface area (Å²) in [7, 11) is 0. The van der Waals surface area contributed by atoms with Gasteiger partial charge >= 0.3 is 11.9 Å². The van der Waals surface area contributed by atoms with Crippen LogP contribution in [-0.4, -0.2) is 84.9 Å². The maximum absolute atomic E-state index is 12.9. The summed E-state index contributed by atoms with van der Waals surface area (Å²) in [5.41, 5.74) is 2.67. The summed E-state index contributed by atoms with van der Waals surface area (Å²) < 4.78 is 40.7. The zero-order valence-electron chi connectivity index (χ0n) is 26.0. The second-order valence-corrected chi connectivity index (χ2v) is 10.6. The van der Waals surface area contributed by atoms with Crippen LogP contribution in [-0.2, 0) is 62.6 Å². The molecule has 11 nitrogen and oxygen atoms in total. The maximum Gasteiger partial charge on any atom is 0.338 e. The quantitative estimate of drug-likeness (QED) is 0.211. The summed E-state index contributed by atoms with van der Waals surface area (Å²) in [5.74, 6) is -2.12. The molecule has 1 saturated heterocycles. The molecular formula is C35H42O11. The lowest BCUT2D eigenvalue weighted by Crippen LogP contribution is -2.62. The van der Waals surface area contributed by atoms with Gasteiger partial charge in [-0.05, 0) is 30.5 Å². The summed E-state index contributed by atoms with van der Waals surface area (Å²) in [4.78, 5) is 25.3. The summed E-state index contributed by atoms with van der Waals surface area (Å²) in [6.07, 6.45) is -9.76. The molecule has 7 atom stereocenters. The van der Waals surface area contributed by atoms with E-state index in [0.29, 0.717) is 0 Å². The van der Waals surface area contributed by atoms with Gasteiger partial charge in [0.25, 0.3) is 0 Å². The Hall–Kier alpha value is -3.68. The number of carbonyl (C=O) groups excluding carboxylic acids is 2. The lowest BCUT2D eigenvalue weighted by Gasteiger charge is -2.44. The number of carbonyl (C=O) groups is 2. The van der Waals surface area contributed by atoms with Crippen molar-refractivity contribution in [3.63, 3.8) is 0 Å². The van der Waals surface area contributed by atoms with Crippen molar-refractivity contribution < 1.29 is 53.0 Å². The third kappa shape index (κ3) is 10.2. The van der Waals surface area contributed by atoms with Crippen LogP contribution in [0.2, 0.25) is 0 Å². The van der Waals surface area contributed by atoms with E-state index < -0.39 is 54.9 Å². The SMILES string of the molecule is CCOC(=O)[C@H](O)[C@@H](O[C@H]1O[C@H](COCc2ccccc2)[C@@H](OCc2ccccc2)[C@H](OCc2ccccc2)[C@H]1O)C(=O)OCC. The lowest BCUT2D eigenvalue weighted by atomic mass is 9.98. The van der Waals surface area contributed by atoms with Crippen molar-refractivity contribution in [1.82, 2.24) is 0 Å². The first-order chi connectivity index (χ1) is 22.4. The van der Waals surface area contributed by atoms with Crippen molar-refractivity contribution in [1.29, 1.82) is 0 Å². The summed E-state index contributed by atoms with van der Waals surface area (Å²) in [6.45, 7) is 3.61. The van der Waals surface area contributed by atoms with E-state index in [-0.39, 0.29) is 39.6 Å². The van der Waals surface area contributed by atoms with Gasteiger partial charge in [-0.1, -0.05) is 91.0 Å². The van der Waals surface area contributed by atoms with Crippen LogP contribution in [0.3, 0.4) is 0 Å². The Labute approximate surface area is 268 Å². The normalized spacial score (nSPS) is 22.5. The van der Waals surface area contributed by atoms with E-state index in [2.05, 4.69) is 0 Å². The first-order valence-electron chi connectivity index (χ1n) is 15.3. The van der Waals surface area contributed by atoms with E-state index in [1.165, 1.54) is 0 Å². The second kappa shape index (κ2) is 18.5. The smallest absolute Gasteiger partial charge is 0.338 e. The Bertz CT molecular complexity index is 1310. The molecule has 2 N–H and O–H groups in total. The fourth-order valence-corrected chi connectivity index (χ4v) is 4.91. The van der Waals surface area contributed by atoms with Gasteiger partial charge in [-0.3, -0.25) is 0 Å². The largest absolute Gasteiger partial charge is 0.464 e. The average Bonchev–Trinajstić information content (AvgIpc) is 3.08. The molecule has 0 saturated carbocycles. The van der Waals surface area contributed by atoms with Crippen LogP contribution in [0.15, 0.2) is 91.0 Å². The molecule has 3 aromatic carbocycles. The van der Waals surface area contributed by atoms with E-state index in [9.17, 15) is 19.8 Å². The van der Waals surface area contributed by atoms with Crippen LogP contribution in [0, 0.1) is 0 Å². The minimum Gasteiger partial charge on any atom is -0.464 e. The number of hydrogen-bond acceptors (Lipinski definition) is 11. The van der Waals surface area contributed by atoms with Crippen LogP contribution in [0.5, 0.6) is 0 Å². The molecule has 0 radical (unpaired) electrons. The van der Waals surface area contributed by atoms with Crippen molar-refractivity contribution in [2.75, 3.05) is 19.8 Å². The molecule has 0 unspecified atom stereocenters. The molecule has 0 spiro atoms. The van der Waals surface area contributed by atoms with Gasteiger partial charge in [-0.2, -0.15) is 0 Å². The minimum atomic E-state index is -2.04. The minimum absolute atomic E-state index is 0.00334. The molecule has 11 heteroatoms. The molecule has 46 heavy (non-hydrogen) atoms. The molecule has 1 aliphatic rings. The molecule has 248 valence electrons. The van der Waals surface area contributed by atoms with Crippen LogP contribution in [0.25, 0.3) is 0 Å². The van der Waals surface area contributed by atoms with Crippen molar-refractivity contribution in [3.8, 4) is 0 Å². The summed E-state index contributed by atoms with van der Waals surface area (Å²) >= 11 is 0. The molecule has 1 fully saturated rings. The fourth-order valence-electron chi connectivity index (χ4n) is 4.91. The second-order valence-electron chi connectivity index (χ2n) is 10.6. The Morgan fingerprint density at radius 2 is 1.20 bits per heavy atom. The highest BCUT2D eigenvalue weighted by Gasteiger charge is 2.50. The van der Waals surface area contributed by atoms with Crippen LogP contribution in [0.4, 0.5) is 0 Å². The first kappa shape index (κ1) is 35.2. The van der Waals surface area contributed by atoms with E-state index in [1.807, 2.05) is 91.0 Å². The molecule has 0 aliphatic carbocycles. The van der Waals surface area contributed by atoms with E-state index in [0.717, 1.165) is 16.7 Å². The third-order valence-electron chi connectivity index (χ3n) is 7.19. The molecule has 0 aromatic heterocycles. The highest BCUT2D eigenvalue weighted by atomic mass is 16.7. The zero-order chi connectivity index (χ0) is 32.7. The summed E-state index contributed by atoms with van der Waals surface area (Å²) in [5, 5.41) is 22.4.